The van der Waals surface area contributed by atoms with E-state index in [9.17, 15) is 14.0 Å². The van der Waals surface area contributed by atoms with Gasteiger partial charge < -0.3 is 15.0 Å². The molecule has 1 saturated heterocycles. The van der Waals surface area contributed by atoms with Gasteiger partial charge in [-0.05, 0) is 13.0 Å². The van der Waals surface area contributed by atoms with Crippen molar-refractivity contribution in [2.45, 2.75) is 19.5 Å². The summed E-state index contributed by atoms with van der Waals surface area (Å²) in [7, 11) is 1.38. The predicted octanol–water partition coefficient (Wildman–Crippen LogP) is 0.681. The zero-order chi connectivity index (χ0) is 14.0. The quantitative estimate of drug-likeness (QED) is 0.875. The molecule has 5 nitrogen and oxygen atoms in total. The third-order valence-electron chi connectivity index (χ3n) is 3.19. The third kappa shape index (κ3) is 2.52. The average Bonchev–Trinajstić information content (AvgIpc) is 2.41. The number of hydrogen-bond donors (Lipinski definition) is 1. The molecule has 1 atom stereocenters. The summed E-state index contributed by atoms with van der Waals surface area (Å²) in [4.78, 5) is 24.7. The van der Waals surface area contributed by atoms with Crippen molar-refractivity contribution in [2.24, 2.45) is 0 Å². The number of amides is 2. The van der Waals surface area contributed by atoms with Crippen LogP contribution in [0.2, 0.25) is 0 Å². The summed E-state index contributed by atoms with van der Waals surface area (Å²) in [6.07, 6.45) is 0. The van der Waals surface area contributed by atoms with E-state index in [1.54, 1.807) is 19.1 Å². The van der Waals surface area contributed by atoms with Crippen LogP contribution in [-0.4, -0.2) is 36.4 Å². The van der Waals surface area contributed by atoms with Crippen molar-refractivity contribution < 1.29 is 18.7 Å². The Labute approximate surface area is 110 Å². The topological polar surface area (TPSA) is 58.6 Å². The number of halogens is 1. The Morgan fingerprint density at radius 3 is 2.89 bits per heavy atom. The number of methoxy groups -OCH3 is 1. The molecule has 1 aromatic carbocycles. The molecule has 102 valence electrons. The van der Waals surface area contributed by atoms with Crippen LogP contribution >= 0.6 is 0 Å². The highest BCUT2D eigenvalue weighted by Crippen LogP contribution is 2.22. The van der Waals surface area contributed by atoms with E-state index in [1.807, 2.05) is 0 Å². The summed E-state index contributed by atoms with van der Waals surface area (Å²) in [6, 6.07) is 4.13. The molecule has 0 radical (unpaired) electrons. The number of hydrogen-bond acceptors (Lipinski definition) is 3. The van der Waals surface area contributed by atoms with Crippen LogP contribution in [0.1, 0.15) is 12.5 Å². The molecule has 1 heterocycles. The zero-order valence-electron chi connectivity index (χ0n) is 10.8. The lowest BCUT2D eigenvalue weighted by molar-refractivity contribution is -0.145. The summed E-state index contributed by atoms with van der Waals surface area (Å²) in [5, 5.41) is 2.49. The summed E-state index contributed by atoms with van der Waals surface area (Å²) in [5.74, 6) is -0.840. The molecule has 2 rings (SSSR count). The number of rotatable bonds is 3. The highest BCUT2D eigenvalue weighted by atomic mass is 19.1. The van der Waals surface area contributed by atoms with Gasteiger partial charge in [-0.25, -0.2) is 4.39 Å². The van der Waals surface area contributed by atoms with E-state index in [0.29, 0.717) is 5.56 Å². The Balaban J connectivity index is 2.25. The lowest BCUT2D eigenvalue weighted by atomic mass is 10.1. The molecule has 1 fully saturated rings. The monoisotopic (exact) mass is 266 g/mol. The molecule has 2 amide bonds. The minimum absolute atomic E-state index is 0.0469. The number of benzene rings is 1. The number of carbonyl (C=O) groups is 2. The van der Waals surface area contributed by atoms with Gasteiger partial charge >= 0.3 is 0 Å². The molecule has 0 saturated carbocycles. The van der Waals surface area contributed by atoms with E-state index in [-0.39, 0.29) is 30.7 Å². The average molecular weight is 266 g/mol. The lowest BCUT2D eigenvalue weighted by Gasteiger charge is -2.32. The largest absolute Gasteiger partial charge is 0.494 e. The molecule has 1 aromatic rings. The highest BCUT2D eigenvalue weighted by molar-refractivity contribution is 5.94. The summed E-state index contributed by atoms with van der Waals surface area (Å²) < 4.78 is 18.9. The number of nitrogens with zero attached hydrogens (tertiary/aromatic N) is 1. The summed E-state index contributed by atoms with van der Waals surface area (Å²) >= 11 is 0. The third-order valence-corrected chi connectivity index (χ3v) is 3.19. The zero-order valence-corrected chi connectivity index (χ0v) is 10.8. The Morgan fingerprint density at radius 2 is 2.21 bits per heavy atom. The predicted molar refractivity (Wildman–Crippen MR) is 66.0 cm³/mol. The van der Waals surface area contributed by atoms with Gasteiger partial charge in [0.1, 0.15) is 6.04 Å². The first-order chi connectivity index (χ1) is 9.04. The SMILES string of the molecule is COc1cccc(CN2C(=O)CNC(=O)C2C)c1F. The van der Waals surface area contributed by atoms with Crippen LogP contribution < -0.4 is 10.1 Å². The maximum Gasteiger partial charge on any atom is 0.242 e. The van der Waals surface area contributed by atoms with E-state index in [2.05, 4.69) is 5.32 Å². The minimum atomic E-state index is -0.605. The molecule has 19 heavy (non-hydrogen) atoms. The molecule has 1 N–H and O–H groups in total. The van der Waals surface area contributed by atoms with Crippen LogP contribution in [-0.2, 0) is 16.1 Å². The van der Waals surface area contributed by atoms with Crippen molar-refractivity contribution in [3.05, 3.63) is 29.6 Å². The van der Waals surface area contributed by atoms with Crippen molar-refractivity contribution in [3.8, 4) is 5.75 Å². The fourth-order valence-corrected chi connectivity index (χ4v) is 2.01. The van der Waals surface area contributed by atoms with Crippen LogP contribution in [0.4, 0.5) is 4.39 Å². The van der Waals surface area contributed by atoms with Crippen LogP contribution in [0, 0.1) is 5.82 Å². The van der Waals surface area contributed by atoms with Crippen LogP contribution in [0.3, 0.4) is 0 Å². The fourth-order valence-electron chi connectivity index (χ4n) is 2.01. The van der Waals surface area contributed by atoms with Crippen molar-refractivity contribution in [1.29, 1.82) is 0 Å². The smallest absolute Gasteiger partial charge is 0.242 e. The molecule has 1 unspecified atom stereocenters. The van der Waals surface area contributed by atoms with Gasteiger partial charge in [0.25, 0.3) is 0 Å². The normalized spacial score (nSPS) is 19.3. The van der Waals surface area contributed by atoms with E-state index >= 15 is 0 Å². The molecular weight excluding hydrogens is 251 g/mol. The van der Waals surface area contributed by atoms with E-state index in [0.717, 1.165) is 0 Å². The second-order valence-corrected chi connectivity index (χ2v) is 4.35. The minimum Gasteiger partial charge on any atom is -0.494 e. The Hall–Kier alpha value is -2.11. The second kappa shape index (κ2) is 5.26. The first-order valence-electron chi connectivity index (χ1n) is 5.93. The maximum absolute atomic E-state index is 14.0. The standard InChI is InChI=1S/C13H15FN2O3/c1-8-13(18)15-6-11(17)16(8)7-9-4-3-5-10(19-2)12(9)14/h3-5,8H,6-7H2,1-2H3,(H,15,18). The van der Waals surface area contributed by atoms with Gasteiger partial charge in [-0.15, -0.1) is 0 Å². The second-order valence-electron chi connectivity index (χ2n) is 4.35. The number of nitrogens with one attached hydrogen (secondary N) is 1. The van der Waals surface area contributed by atoms with Crippen molar-refractivity contribution in [1.82, 2.24) is 10.2 Å². The Bertz CT molecular complexity index is 519. The molecule has 6 heteroatoms. The van der Waals surface area contributed by atoms with Gasteiger partial charge in [0, 0.05) is 12.1 Å². The van der Waals surface area contributed by atoms with Gasteiger partial charge in [0.2, 0.25) is 11.8 Å². The Kier molecular flexibility index (Phi) is 3.69. The van der Waals surface area contributed by atoms with Crippen LogP contribution in [0.25, 0.3) is 0 Å². The highest BCUT2D eigenvalue weighted by Gasteiger charge is 2.31. The van der Waals surface area contributed by atoms with Gasteiger partial charge in [-0.1, -0.05) is 12.1 Å². The Morgan fingerprint density at radius 1 is 1.47 bits per heavy atom. The molecule has 0 aliphatic carbocycles. The summed E-state index contributed by atoms with van der Waals surface area (Å²) in [5.41, 5.74) is 0.328. The molecular formula is C13H15FN2O3. The summed E-state index contributed by atoms with van der Waals surface area (Å²) in [6.45, 7) is 1.62. The van der Waals surface area contributed by atoms with Gasteiger partial charge in [-0.2, -0.15) is 0 Å². The van der Waals surface area contributed by atoms with E-state index < -0.39 is 11.9 Å². The molecule has 0 bridgehead atoms. The van der Waals surface area contributed by atoms with Crippen molar-refractivity contribution in [3.63, 3.8) is 0 Å². The number of carbonyl (C=O) groups excluding carboxylic acids is 2. The molecule has 0 aromatic heterocycles. The van der Waals surface area contributed by atoms with Gasteiger partial charge in [-0.3, -0.25) is 9.59 Å². The number of ether oxygens (including phenoxy) is 1. The first-order valence-corrected chi connectivity index (χ1v) is 5.93. The van der Waals surface area contributed by atoms with Crippen LogP contribution in [0.15, 0.2) is 18.2 Å². The van der Waals surface area contributed by atoms with Crippen molar-refractivity contribution >= 4 is 11.8 Å². The first kappa shape index (κ1) is 13.3. The van der Waals surface area contributed by atoms with Gasteiger partial charge in [0.05, 0.1) is 13.7 Å². The van der Waals surface area contributed by atoms with Crippen molar-refractivity contribution in [2.75, 3.05) is 13.7 Å². The van der Waals surface area contributed by atoms with E-state index in [1.165, 1.54) is 18.1 Å². The van der Waals surface area contributed by atoms with Crippen LogP contribution in [0.5, 0.6) is 5.75 Å². The maximum atomic E-state index is 14.0. The van der Waals surface area contributed by atoms with E-state index in [4.69, 9.17) is 4.74 Å². The number of piperazine rings is 1. The fraction of sp³-hybridized carbons (Fsp3) is 0.385. The molecule has 0 spiro atoms. The molecule has 1 aliphatic rings. The molecule has 1 aliphatic heterocycles. The lowest BCUT2D eigenvalue weighted by Crippen LogP contribution is -2.56. The van der Waals surface area contributed by atoms with Gasteiger partial charge in [0.15, 0.2) is 11.6 Å².